The molecule has 0 unspecified atom stereocenters. The Morgan fingerprint density at radius 2 is 1.43 bits per heavy atom. The van der Waals surface area contributed by atoms with Crippen LogP contribution in [-0.2, 0) is 0 Å². The van der Waals surface area contributed by atoms with Gasteiger partial charge in [0, 0.05) is 29.6 Å². The molecule has 0 atom stereocenters. The molecule has 5 heteroatoms. The van der Waals surface area contributed by atoms with Crippen LogP contribution < -0.4 is 0 Å². The predicted molar refractivity (Wildman–Crippen MR) is 142 cm³/mol. The van der Waals surface area contributed by atoms with Crippen molar-refractivity contribution in [2.24, 2.45) is 4.99 Å². The molecule has 170 valence electrons. The topological polar surface area (TPSA) is 60.4 Å². The summed E-state index contributed by atoms with van der Waals surface area (Å²) in [5.74, 6) is 0. The maximum absolute atomic E-state index is 11.2. The molecule has 0 saturated heterocycles. The Kier molecular flexibility index (Phi) is 6.05. The highest BCUT2D eigenvalue weighted by molar-refractivity contribution is 5.94. The van der Waals surface area contributed by atoms with Crippen molar-refractivity contribution in [2.75, 3.05) is 0 Å². The molecule has 0 aliphatic rings. The van der Waals surface area contributed by atoms with E-state index in [1.165, 1.54) is 17.7 Å². The summed E-state index contributed by atoms with van der Waals surface area (Å²) in [6, 6.07) is 37.4. The molecule has 0 radical (unpaired) electrons. The number of aliphatic imine (C=N–C) groups is 1. The van der Waals surface area contributed by atoms with Gasteiger partial charge in [-0.05, 0) is 42.3 Å². The summed E-state index contributed by atoms with van der Waals surface area (Å²) in [5, 5.41) is 11.2. The van der Waals surface area contributed by atoms with Crippen LogP contribution in [0.25, 0.3) is 28.2 Å². The first kappa shape index (κ1) is 22.0. The summed E-state index contributed by atoms with van der Waals surface area (Å²) in [4.78, 5) is 15.4. The van der Waals surface area contributed by atoms with Crippen LogP contribution >= 0.6 is 0 Å². The molecule has 4 aromatic carbocycles. The summed E-state index contributed by atoms with van der Waals surface area (Å²) >= 11 is 0. The third-order valence-electron chi connectivity index (χ3n) is 5.83. The van der Waals surface area contributed by atoms with Crippen LogP contribution in [0.4, 0.5) is 11.4 Å². The van der Waals surface area contributed by atoms with Gasteiger partial charge in [-0.2, -0.15) is 0 Å². The predicted octanol–water partition coefficient (Wildman–Crippen LogP) is 7.78. The fourth-order valence-corrected chi connectivity index (χ4v) is 4.13. The normalized spacial score (nSPS) is 11.1. The van der Waals surface area contributed by atoms with Crippen LogP contribution in [0, 0.1) is 17.0 Å². The largest absolute Gasteiger partial charge is 0.309 e. The van der Waals surface area contributed by atoms with Gasteiger partial charge in [-0.1, -0.05) is 84.4 Å². The summed E-state index contributed by atoms with van der Waals surface area (Å²) < 4.78 is 2.25. The number of non-ortho nitro benzene ring substituents is 1. The summed E-state index contributed by atoms with van der Waals surface area (Å²) in [5.41, 5.74) is 7.88. The monoisotopic (exact) mass is 457 g/mol. The Morgan fingerprint density at radius 3 is 2.09 bits per heavy atom. The molecule has 5 aromatic rings. The molecular weight excluding hydrogens is 434 g/mol. The molecule has 0 amide bonds. The molecule has 0 saturated carbocycles. The van der Waals surface area contributed by atoms with Gasteiger partial charge in [0.05, 0.1) is 22.0 Å². The van der Waals surface area contributed by atoms with Crippen LogP contribution in [0.1, 0.15) is 11.1 Å². The van der Waals surface area contributed by atoms with Crippen LogP contribution in [0.2, 0.25) is 0 Å². The van der Waals surface area contributed by atoms with Crippen LogP contribution in [0.3, 0.4) is 0 Å². The lowest BCUT2D eigenvalue weighted by Crippen LogP contribution is -2.00. The van der Waals surface area contributed by atoms with E-state index in [0.29, 0.717) is 5.69 Å². The highest BCUT2D eigenvalue weighted by atomic mass is 16.6. The van der Waals surface area contributed by atoms with E-state index in [1.807, 2.05) is 36.4 Å². The average Bonchev–Trinajstić information content (AvgIpc) is 3.28. The number of aromatic nitrogens is 1. The van der Waals surface area contributed by atoms with Gasteiger partial charge < -0.3 is 4.57 Å². The van der Waals surface area contributed by atoms with Crippen molar-refractivity contribution in [1.82, 2.24) is 4.57 Å². The number of nitro benzene ring substituents is 1. The first-order chi connectivity index (χ1) is 17.1. The van der Waals surface area contributed by atoms with E-state index in [-0.39, 0.29) is 5.69 Å². The lowest BCUT2D eigenvalue weighted by Gasteiger charge is -2.15. The number of nitrogens with zero attached hydrogens (tertiary/aromatic N) is 3. The number of hydrogen-bond donors (Lipinski definition) is 0. The van der Waals surface area contributed by atoms with Crippen molar-refractivity contribution in [3.05, 3.63) is 137 Å². The van der Waals surface area contributed by atoms with Crippen molar-refractivity contribution >= 4 is 17.6 Å². The lowest BCUT2D eigenvalue weighted by molar-refractivity contribution is -0.384. The Bertz CT molecular complexity index is 1500. The number of benzene rings is 4. The number of hydrogen-bond acceptors (Lipinski definition) is 3. The first-order valence-electron chi connectivity index (χ1n) is 11.3. The molecule has 5 nitrogen and oxygen atoms in total. The third-order valence-corrected chi connectivity index (χ3v) is 5.83. The molecule has 0 spiro atoms. The minimum absolute atomic E-state index is 0.0186. The van der Waals surface area contributed by atoms with Crippen LogP contribution in [-0.4, -0.2) is 15.7 Å². The van der Waals surface area contributed by atoms with Gasteiger partial charge in [-0.3, -0.25) is 15.1 Å². The third kappa shape index (κ3) is 4.66. The second-order valence-corrected chi connectivity index (χ2v) is 8.27. The lowest BCUT2D eigenvalue weighted by atomic mass is 10.1. The van der Waals surface area contributed by atoms with Gasteiger partial charge in [0.25, 0.3) is 5.69 Å². The fourth-order valence-electron chi connectivity index (χ4n) is 4.13. The highest BCUT2D eigenvalue weighted by Gasteiger charge is 2.18. The van der Waals surface area contributed by atoms with Gasteiger partial charge in [0.1, 0.15) is 0 Å². The summed E-state index contributed by atoms with van der Waals surface area (Å²) in [6.07, 6.45) is 1.79. The first-order valence-corrected chi connectivity index (χ1v) is 11.3. The van der Waals surface area contributed by atoms with Crippen molar-refractivity contribution < 1.29 is 4.92 Å². The van der Waals surface area contributed by atoms with Crippen LogP contribution in [0.5, 0.6) is 0 Å². The SMILES string of the molecule is Cc1ccc(-n2c(-c3ccccc3)cc(C=Nc3cccc([N+](=O)[O-])c3)c2-c2ccccc2)cc1. The average molecular weight is 458 g/mol. The van der Waals surface area contributed by atoms with E-state index in [4.69, 9.17) is 0 Å². The van der Waals surface area contributed by atoms with E-state index >= 15 is 0 Å². The molecule has 0 N–H and O–H groups in total. The maximum atomic E-state index is 11.2. The molecule has 1 heterocycles. The molecule has 0 fully saturated rings. The van der Waals surface area contributed by atoms with E-state index in [1.54, 1.807) is 18.3 Å². The standard InChI is InChI=1S/C30H23N3O2/c1-22-15-17-27(18-16-22)32-29(23-9-4-2-5-10-23)19-25(30(32)24-11-6-3-7-12-24)21-31-26-13-8-14-28(20-26)33(34)35/h2-21H,1H3. The number of nitro groups is 1. The van der Waals surface area contributed by atoms with E-state index < -0.39 is 4.92 Å². The number of rotatable bonds is 6. The maximum Gasteiger partial charge on any atom is 0.271 e. The molecule has 1 aromatic heterocycles. The smallest absolute Gasteiger partial charge is 0.271 e. The van der Waals surface area contributed by atoms with Gasteiger partial charge >= 0.3 is 0 Å². The zero-order valence-electron chi connectivity index (χ0n) is 19.2. The van der Waals surface area contributed by atoms with E-state index in [0.717, 1.165) is 33.8 Å². The van der Waals surface area contributed by atoms with E-state index in [2.05, 4.69) is 71.1 Å². The van der Waals surface area contributed by atoms with Gasteiger partial charge in [0.2, 0.25) is 0 Å². The minimum atomic E-state index is -0.407. The van der Waals surface area contributed by atoms with Crippen molar-refractivity contribution in [2.45, 2.75) is 6.92 Å². The molecule has 35 heavy (non-hydrogen) atoms. The quantitative estimate of drug-likeness (QED) is 0.148. The second-order valence-electron chi connectivity index (χ2n) is 8.27. The molecule has 0 aliphatic carbocycles. The Balaban J connectivity index is 1.74. The zero-order chi connectivity index (χ0) is 24.2. The van der Waals surface area contributed by atoms with Crippen molar-refractivity contribution in [3.8, 4) is 28.2 Å². The molecule has 0 bridgehead atoms. The Labute approximate surface area is 203 Å². The number of aryl methyl sites for hydroxylation is 1. The Morgan fingerprint density at radius 1 is 0.771 bits per heavy atom. The van der Waals surface area contributed by atoms with Crippen molar-refractivity contribution in [3.63, 3.8) is 0 Å². The second kappa shape index (κ2) is 9.61. The summed E-state index contributed by atoms with van der Waals surface area (Å²) in [7, 11) is 0. The zero-order valence-corrected chi connectivity index (χ0v) is 19.2. The minimum Gasteiger partial charge on any atom is -0.309 e. The molecule has 5 rings (SSSR count). The highest BCUT2D eigenvalue weighted by Crippen LogP contribution is 2.35. The van der Waals surface area contributed by atoms with Gasteiger partial charge in [0.15, 0.2) is 0 Å². The summed E-state index contributed by atoms with van der Waals surface area (Å²) in [6.45, 7) is 2.08. The molecular formula is C30H23N3O2. The van der Waals surface area contributed by atoms with Crippen molar-refractivity contribution in [1.29, 1.82) is 0 Å². The fraction of sp³-hybridized carbons (Fsp3) is 0.0333. The van der Waals surface area contributed by atoms with Crippen LogP contribution in [0.15, 0.2) is 120 Å². The van der Waals surface area contributed by atoms with E-state index in [9.17, 15) is 10.1 Å². The van der Waals surface area contributed by atoms with Gasteiger partial charge in [-0.15, -0.1) is 0 Å². The van der Waals surface area contributed by atoms with Gasteiger partial charge in [-0.25, -0.2) is 0 Å². The molecule has 0 aliphatic heterocycles. The Hall–Kier alpha value is -4.77.